The molecule has 0 saturated heterocycles. The highest BCUT2D eigenvalue weighted by Crippen LogP contribution is 2.23. The van der Waals surface area contributed by atoms with Crippen LogP contribution < -0.4 is 4.72 Å². The molecule has 0 spiro atoms. The molecule has 0 atom stereocenters. The molecule has 0 aliphatic heterocycles. The number of thiophene rings is 1. The Bertz CT molecular complexity index is 1070. The lowest BCUT2D eigenvalue weighted by Crippen LogP contribution is -2.26. The summed E-state index contributed by atoms with van der Waals surface area (Å²) in [5.74, 6) is -0.163. The molecule has 28 heavy (non-hydrogen) atoms. The van der Waals surface area contributed by atoms with Gasteiger partial charge in [0.2, 0.25) is 0 Å². The number of carbonyl (C=O) groups is 1. The zero-order valence-electron chi connectivity index (χ0n) is 16.0. The summed E-state index contributed by atoms with van der Waals surface area (Å²) in [4.78, 5) is 15.7. The summed E-state index contributed by atoms with van der Waals surface area (Å²) >= 11 is 1.59. The Morgan fingerprint density at radius 3 is 2.43 bits per heavy atom. The number of nitrogens with one attached hydrogen (secondary N) is 1. The number of amides is 1. The van der Waals surface area contributed by atoms with E-state index < -0.39 is 10.0 Å². The molecule has 0 unspecified atom stereocenters. The minimum absolute atomic E-state index is 0.163. The molecule has 0 fully saturated rings. The molecule has 146 valence electrons. The largest absolute Gasteiger partial charge is 0.337 e. The van der Waals surface area contributed by atoms with E-state index in [-0.39, 0.29) is 10.8 Å². The maximum absolute atomic E-state index is 12.8. The predicted molar refractivity (Wildman–Crippen MR) is 113 cm³/mol. The fourth-order valence-electron chi connectivity index (χ4n) is 2.71. The quantitative estimate of drug-likeness (QED) is 0.648. The third kappa shape index (κ3) is 4.61. The second-order valence-corrected chi connectivity index (χ2v) is 9.40. The van der Waals surface area contributed by atoms with Crippen molar-refractivity contribution in [2.24, 2.45) is 0 Å². The van der Waals surface area contributed by atoms with E-state index in [0.29, 0.717) is 17.8 Å². The molecule has 0 radical (unpaired) electrons. The smallest absolute Gasteiger partial charge is 0.261 e. The van der Waals surface area contributed by atoms with Crippen LogP contribution in [0.25, 0.3) is 0 Å². The molecule has 7 heteroatoms. The third-order valence-corrected chi connectivity index (χ3v) is 6.62. The summed E-state index contributed by atoms with van der Waals surface area (Å²) in [7, 11) is -2.00. The molecule has 1 aromatic heterocycles. The van der Waals surface area contributed by atoms with E-state index in [2.05, 4.69) is 4.72 Å². The summed E-state index contributed by atoms with van der Waals surface area (Å²) in [6.07, 6.45) is 0. The van der Waals surface area contributed by atoms with E-state index in [1.807, 2.05) is 24.4 Å². The van der Waals surface area contributed by atoms with Crippen molar-refractivity contribution in [2.45, 2.75) is 25.3 Å². The lowest BCUT2D eigenvalue weighted by atomic mass is 10.1. The van der Waals surface area contributed by atoms with Crippen LogP contribution in [0.3, 0.4) is 0 Å². The van der Waals surface area contributed by atoms with Crippen molar-refractivity contribution in [1.82, 2.24) is 4.90 Å². The molecule has 1 amide bonds. The highest BCUT2D eigenvalue weighted by molar-refractivity contribution is 7.92. The summed E-state index contributed by atoms with van der Waals surface area (Å²) < 4.78 is 28.0. The molecular formula is C21H22N2O3S2. The first-order chi connectivity index (χ1) is 13.3. The van der Waals surface area contributed by atoms with Crippen LogP contribution in [-0.4, -0.2) is 26.3 Å². The number of anilines is 1. The van der Waals surface area contributed by atoms with Gasteiger partial charge in [0.15, 0.2) is 0 Å². The monoisotopic (exact) mass is 414 g/mol. The van der Waals surface area contributed by atoms with Crippen LogP contribution in [0.2, 0.25) is 0 Å². The Balaban J connectivity index is 1.83. The molecule has 2 aromatic carbocycles. The van der Waals surface area contributed by atoms with Crippen LogP contribution in [0.5, 0.6) is 0 Å². The van der Waals surface area contributed by atoms with Gasteiger partial charge in [-0.1, -0.05) is 29.8 Å². The van der Waals surface area contributed by atoms with Gasteiger partial charge in [0.1, 0.15) is 0 Å². The fourth-order valence-corrected chi connectivity index (χ4v) is 4.59. The Kier molecular flexibility index (Phi) is 5.86. The molecule has 0 saturated carbocycles. The van der Waals surface area contributed by atoms with Crippen LogP contribution in [0, 0.1) is 13.8 Å². The lowest BCUT2D eigenvalue weighted by Gasteiger charge is -2.18. The zero-order chi connectivity index (χ0) is 20.3. The molecule has 1 N–H and O–H groups in total. The van der Waals surface area contributed by atoms with Crippen molar-refractivity contribution in [3.63, 3.8) is 0 Å². The third-order valence-electron chi connectivity index (χ3n) is 4.38. The number of carbonyl (C=O) groups excluding carboxylic acids is 1. The van der Waals surface area contributed by atoms with Crippen molar-refractivity contribution in [3.8, 4) is 0 Å². The average molecular weight is 415 g/mol. The van der Waals surface area contributed by atoms with Crippen molar-refractivity contribution >= 4 is 33.0 Å². The van der Waals surface area contributed by atoms with Crippen molar-refractivity contribution in [3.05, 3.63) is 81.5 Å². The van der Waals surface area contributed by atoms with Crippen LogP contribution in [0.1, 0.15) is 26.4 Å². The lowest BCUT2D eigenvalue weighted by molar-refractivity contribution is 0.0786. The number of aryl methyl sites for hydroxylation is 2. The average Bonchev–Trinajstić information content (AvgIpc) is 3.16. The molecule has 0 bridgehead atoms. The number of sulfonamides is 1. The summed E-state index contributed by atoms with van der Waals surface area (Å²) in [5.41, 5.74) is 2.56. The Hall–Kier alpha value is -2.64. The van der Waals surface area contributed by atoms with Crippen LogP contribution in [0.4, 0.5) is 5.69 Å². The van der Waals surface area contributed by atoms with E-state index in [0.717, 1.165) is 16.0 Å². The number of nitrogens with zero attached hydrogens (tertiary/aromatic N) is 1. The van der Waals surface area contributed by atoms with Gasteiger partial charge in [0, 0.05) is 17.5 Å². The van der Waals surface area contributed by atoms with Gasteiger partial charge in [0.25, 0.3) is 15.9 Å². The van der Waals surface area contributed by atoms with Gasteiger partial charge in [0.05, 0.1) is 17.1 Å². The molecule has 3 aromatic rings. The van der Waals surface area contributed by atoms with Gasteiger partial charge in [-0.3, -0.25) is 9.52 Å². The van der Waals surface area contributed by atoms with Crippen LogP contribution >= 0.6 is 11.3 Å². The minimum atomic E-state index is -3.73. The maximum Gasteiger partial charge on any atom is 0.261 e. The summed E-state index contributed by atoms with van der Waals surface area (Å²) in [6.45, 7) is 4.21. The van der Waals surface area contributed by atoms with E-state index in [1.54, 1.807) is 72.7 Å². The summed E-state index contributed by atoms with van der Waals surface area (Å²) in [6, 6.07) is 15.6. The van der Waals surface area contributed by atoms with Gasteiger partial charge < -0.3 is 4.90 Å². The number of rotatable bonds is 6. The molecule has 5 nitrogen and oxygen atoms in total. The first-order valence-corrected chi connectivity index (χ1v) is 11.1. The van der Waals surface area contributed by atoms with Gasteiger partial charge in [-0.15, -0.1) is 11.3 Å². The number of hydrogen-bond acceptors (Lipinski definition) is 4. The first-order valence-electron chi connectivity index (χ1n) is 8.74. The van der Waals surface area contributed by atoms with Gasteiger partial charge in [-0.25, -0.2) is 8.42 Å². The van der Waals surface area contributed by atoms with Crippen LogP contribution in [0.15, 0.2) is 64.9 Å². The molecular weight excluding hydrogens is 392 g/mol. The fraction of sp³-hybridized carbons (Fsp3) is 0.190. The molecule has 1 heterocycles. The Morgan fingerprint density at radius 1 is 1.07 bits per heavy atom. The number of hydrogen-bond donors (Lipinski definition) is 1. The SMILES string of the molecule is Cc1ccc(S(=O)(=O)Nc2cc(C(=O)N(C)Cc3cccs3)ccc2C)cc1. The van der Waals surface area contributed by atoms with E-state index >= 15 is 0 Å². The second kappa shape index (κ2) is 8.16. The number of benzene rings is 2. The second-order valence-electron chi connectivity index (χ2n) is 6.69. The van der Waals surface area contributed by atoms with Crippen LogP contribution in [-0.2, 0) is 16.6 Å². The van der Waals surface area contributed by atoms with Crippen molar-refractivity contribution in [1.29, 1.82) is 0 Å². The zero-order valence-corrected chi connectivity index (χ0v) is 17.6. The topological polar surface area (TPSA) is 66.5 Å². The Morgan fingerprint density at radius 2 is 1.79 bits per heavy atom. The van der Waals surface area contributed by atoms with Crippen molar-refractivity contribution < 1.29 is 13.2 Å². The predicted octanol–water partition coefficient (Wildman–Crippen LogP) is 4.44. The van der Waals surface area contributed by atoms with Gasteiger partial charge in [-0.2, -0.15) is 0 Å². The molecule has 0 aliphatic carbocycles. The minimum Gasteiger partial charge on any atom is -0.337 e. The van der Waals surface area contributed by atoms with Gasteiger partial charge >= 0.3 is 0 Å². The van der Waals surface area contributed by atoms with E-state index in [9.17, 15) is 13.2 Å². The molecule has 3 rings (SSSR count). The normalized spacial score (nSPS) is 11.2. The standard InChI is InChI=1S/C21H22N2O3S2/c1-15-6-10-19(11-7-15)28(25,26)22-20-13-17(9-8-16(20)2)21(24)23(3)14-18-5-4-12-27-18/h4-13,22H,14H2,1-3H3. The van der Waals surface area contributed by atoms with Crippen molar-refractivity contribution in [2.75, 3.05) is 11.8 Å². The summed E-state index contributed by atoms with van der Waals surface area (Å²) in [5, 5.41) is 1.97. The molecule has 0 aliphatic rings. The first kappa shape index (κ1) is 20.1. The Labute approximate surface area is 169 Å². The highest BCUT2D eigenvalue weighted by atomic mass is 32.2. The maximum atomic E-state index is 12.8. The van der Waals surface area contributed by atoms with E-state index in [1.165, 1.54) is 0 Å². The highest BCUT2D eigenvalue weighted by Gasteiger charge is 2.18. The van der Waals surface area contributed by atoms with E-state index in [4.69, 9.17) is 0 Å². The van der Waals surface area contributed by atoms with Gasteiger partial charge in [-0.05, 0) is 55.1 Å².